The summed E-state index contributed by atoms with van der Waals surface area (Å²) in [4.78, 5) is 13.8. The van der Waals surface area contributed by atoms with Crippen LogP contribution < -0.4 is 0 Å². The van der Waals surface area contributed by atoms with Gasteiger partial charge in [-0.15, -0.1) is 0 Å². The molecule has 1 unspecified atom stereocenters. The number of sulfonamides is 1. The second-order valence-electron chi connectivity index (χ2n) is 7.03. The smallest absolute Gasteiger partial charge is 0.338 e. The lowest BCUT2D eigenvalue weighted by Crippen LogP contribution is -2.49. The highest BCUT2D eigenvalue weighted by Gasteiger charge is 2.31. The van der Waals surface area contributed by atoms with E-state index in [0.29, 0.717) is 18.7 Å². The molecule has 0 aromatic heterocycles. The summed E-state index contributed by atoms with van der Waals surface area (Å²) < 4.78 is 59.3. The average Bonchev–Trinajstić information content (AvgIpc) is 2.73. The Labute approximate surface area is 175 Å². The Morgan fingerprint density at radius 1 is 1.07 bits per heavy atom. The van der Waals surface area contributed by atoms with Gasteiger partial charge in [0, 0.05) is 43.9 Å². The van der Waals surface area contributed by atoms with Crippen LogP contribution in [0.15, 0.2) is 47.4 Å². The van der Waals surface area contributed by atoms with Gasteiger partial charge >= 0.3 is 5.97 Å². The number of benzene rings is 2. The van der Waals surface area contributed by atoms with Crippen molar-refractivity contribution < 1.29 is 26.7 Å². The number of hydrogen-bond donors (Lipinski definition) is 0. The molecule has 1 heterocycles. The molecule has 0 aliphatic carbocycles. The second kappa shape index (κ2) is 9.20. The molecule has 0 amide bonds. The third-order valence-electron chi connectivity index (χ3n) is 5.24. The zero-order valence-electron chi connectivity index (χ0n) is 16.8. The molecule has 1 aliphatic heterocycles. The van der Waals surface area contributed by atoms with Crippen molar-refractivity contribution in [2.24, 2.45) is 0 Å². The van der Waals surface area contributed by atoms with Gasteiger partial charge in [-0.2, -0.15) is 4.31 Å². The summed E-state index contributed by atoms with van der Waals surface area (Å²) in [6.07, 6.45) is 0. The van der Waals surface area contributed by atoms with Gasteiger partial charge in [-0.3, -0.25) is 4.90 Å². The van der Waals surface area contributed by atoms with Crippen LogP contribution in [0.2, 0.25) is 0 Å². The number of rotatable bonds is 6. The number of carbonyl (C=O) groups excluding carboxylic acids is 1. The molecule has 30 heavy (non-hydrogen) atoms. The number of nitrogens with zero attached hydrogens (tertiary/aromatic N) is 2. The van der Waals surface area contributed by atoms with E-state index in [1.165, 1.54) is 40.7 Å². The van der Waals surface area contributed by atoms with Crippen molar-refractivity contribution in [1.29, 1.82) is 0 Å². The SMILES string of the molecule is CCOC(=O)c1ccc(S(=O)(=O)N2CCN(C(C)c3ccc(F)cc3F)CC2)cc1. The highest BCUT2D eigenvalue weighted by atomic mass is 32.2. The van der Waals surface area contributed by atoms with E-state index in [1.807, 2.05) is 11.8 Å². The molecular weight excluding hydrogens is 414 g/mol. The summed E-state index contributed by atoms with van der Waals surface area (Å²) in [5.41, 5.74) is 0.665. The van der Waals surface area contributed by atoms with Crippen LogP contribution >= 0.6 is 0 Å². The van der Waals surface area contributed by atoms with Gasteiger partial charge < -0.3 is 4.74 Å². The predicted molar refractivity (Wildman–Crippen MR) is 108 cm³/mol. The van der Waals surface area contributed by atoms with E-state index in [9.17, 15) is 22.0 Å². The van der Waals surface area contributed by atoms with Gasteiger partial charge in [0.1, 0.15) is 11.6 Å². The van der Waals surface area contributed by atoms with Crippen LogP contribution in [-0.4, -0.2) is 56.4 Å². The zero-order valence-corrected chi connectivity index (χ0v) is 17.7. The van der Waals surface area contributed by atoms with Crippen LogP contribution in [0.5, 0.6) is 0 Å². The van der Waals surface area contributed by atoms with Gasteiger partial charge in [0.25, 0.3) is 0 Å². The van der Waals surface area contributed by atoms with E-state index in [4.69, 9.17) is 4.74 Å². The third-order valence-corrected chi connectivity index (χ3v) is 7.15. The largest absolute Gasteiger partial charge is 0.462 e. The van der Waals surface area contributed by atoms with Crippen molar-refractivity contribution in [3.05, 3.63) is 65.2 Å². The molecule has 3 rings (SSSR count). The molecule has 0 saturated carbocycles. The van der Waals surface area contributed by atoms with Gasteiger partial charge in [-0.1, -0.05) is 6.07 Å². The Morgan fingerprint density at radius 3 is 2.27 bits per heavy atom. The molecule has 1 saturated heterocycles. The van der Waals surface area contributed by atoms with Crippen LogP contribution in [0.1, 0.15) is 35.8 Å². The number of esters is 1. The van der Waals surface area contributed by atoms with E-state index in [2.05, 4.69) is 0 Å². The highest BCUT2D eigenvalue weighted by molar-refractivity contribution is 7.89. The molecule has 1 atom stereocenters. The minimum absolute atomic E-state index is 0.0987. The molecule has 0 radical (unpaired) electrons. The monoisotopic (exact) mass is 438 g/mol. The Kier molecular flexibility index (Phi) is 6.84. The van der Waals surface area contributed by atoms with E-state index in [1.54, 1.807) is 6.92 Å². The van der Waals surface area contributed by atoms with Gasteiger partial charge in [0.2, 0.25) is 10.0 Å². The first kappa shape index (κ1) is 22.3. The van der Waals surface area contributed by atoms with Crippen molar-refractivity contribution >= 4 is 16.0 Å². The number of piperazine rings is 1. The molecule has 1 aliphatic rings. The summed E-state index contributed by atoms with van der Waals surface area (Å²) in [7, 11) is -3.71. The standard InChI is InChI=1S/C21H24F2N2O4S/c1-3-29-21(26)16-4-7-18(8-5-16)30(27,28)25-12-10-24(11-13-25)15(2)19-9-6-17(22)14-20(19)23/h4-9,14-15H,3,10-13H2,1-2H3. The van der Waals surface area contributed by atoms with Crippen LogP contribution in [0.25, 0.3) is 0 Å². The fourth-order valence-corrected chi connectivity index (χ4v) is 4.92. The maximum atomic E-state index is 14.1. The van der Waals surface area contributed by atoms with Crippen molar-refractivity contribution in [3.63, 3.8) is 0 Å². The first-order chi connectivity index (χ1) is 14.2. The Bertz CT molecular complexity index is 1000. The van der Waals surface area contributed by atoms with Crippen molar-refractivity contribution in [3.8, 4) is 0 Å². The lowest BCUT2D eigenvalue weighted by Gasteiger charge is -2.37. The first-order valence-corrected chi connectivity index (χ1v) is 11.1. The summed E-state index contributed by atoms with van der Waals surface area (Å²) in [6, 6.07) is 8.83. The topological polar surface area (TPSA) is 66.9 Å². The minimum Gasteiger partial charge on any atom is -0.462 e. The zero-order chi connectivity index (χ0) is 21.9. The van der Waals surface area contributed by atoms with Crippen molar-refractivity contribution in [2.45, 2.75) is 24.8 Å². The van der Waals surface area contributed by atoms with E-state index in [-0.39, 0.29) is 36.2 Å². The van der Waals surface area contributed by atoms with Gasteiger partial charge in [0.15, 0.2) is 0 Å². The van der Waals surface area contributed by atoms with Crippen LogP contribution in [0, 0.1) is 11.6 Å². The number of carbonyl (C=O) groups is 1. The summed E-state index contributed by atoms with van der Waals surface area (Å²) >= 11 is 0. The van der Waals surface area contributed by atoms with Crippen LogP contribution in [0.3, 0.4) is 0 Å². The van der Waals surface area contributed by atoms with Crippen molar-refractivity contribution in [2.75, 3.05) is 32.8 Å². The van der Waals surface area contributed by atoms with E-state index < -0.39 is 27.6 Å². The quantitative estimate of drug-likeness (QED) is 0.648. The number of halogens is 2. The van der Waals surface area contributed by atoms with Crippen LogP contribution in [0.4, 0.5) is 8.78 Å². The van der Waals surface area contributed by atoms with Crippen LogP contribution in [-0.2, 0) is 14.8 Å². The average molecular weight is 438 g/mol. The third kappa shape index (κ3) is 4.69. The molecule has 2 aromatic carbocycles. The summed E-state index contributed by atoms with van der Waals surface area (Å²) in [6.45, 7) is 5.07. The van der Waals surface area contributed by atoms with E-state index >= 15 is 0 Å². The van der Waals surface area contributed by atoms with Gasteiger partial charge in [0.05, 0.1) is 17.1 Å². The normalized spacial score (nSPS) is 16.9. The molecule has 0 N–H and O–H groups in total. The molecule has 2 aromatic rings. The maximum absolute atomic E-state index is 14.1. The number of hydrogen-bond acceptors (Lipinski definition) is 5. The Morgan fingerprint density at radius 2 is 1.70 bits per heavy atom. The van der Waals surface area contributed by atoms with Gasteiger partial charge in [-0.25, -0.2) is 22.0 Å². The highest BCUT2D eigenvalue weighted by Crippen LogP contribution is 2.26. The summed E-state index contributed by atoms with van der Waals surface area (Å²) in [5.74, 6) is -1.75. The van der Waals surface area contributed by atoms with E-state index in [0.717, 1.165) is 6.07 Å². The molecule has 162 valence electrons. The Hall–Kier alpha value is -2.36. The summed E-state index contributed by atoms with van der Waals surface area (Å²) in [5, 5.41) is 0. The second-order valence-corrected chi connectivity index (χ2v) is 8.96. The predicted octanol–water partition coefficient (Wildman–Crippen LogP) is 3.21. The molecule has 0 bridgehead atoms. The fraction of sp³-hybridized carbons (Fsp3) is 0.381. The first-order valence-electron chi connectivity index (χ1n) is 9.70. The molecule has 9 heteroatoms. The lowest BCUT2D eigenvalue weighted by molar-refractivity contribution is 0.0526. The Balaban J connectivity index is 1.67. The molecule has 1 fully saturated rings. The lowest BCUT2D eigenvalue weighted by atomic mass is 10.1. The minimum atomic E-state index is -3.71. The fourth-order valence-electron chi connectivity index (χ4n) is 3.49. The van der Waals surface area contributed by atoms with Gasteiger partial charge in [-0.05, 0) is 44.2 Å². The molecule has 0 spiro atoms. The number of ether oxygens (including phenoxy) is 1. The van der Waals surface area contributed by atoms with Crippen molar-refractivity contribution in [1.82, 2.24) is 9.21 Å². The molecule has 6 nitrogen and oxygen atoms in total. The maximum Gasteiger partial charge on any atom is 0.338 e. The molecular formula is C21H24F2N2O4S.